The Balaban J connectivity index is 1.48. The predicted octanol–water partition coefficient (Wildman–Crippen LogP) is 6.21. The summed E-state index contributed by atoms with van der Waals surface area (Å²) in [4.78, 5) is 13.2. The van der Waals surface area contributed by atoms with E-state index in [9.17, 15) is 13.2 Å². The van der Waals surface area contributed by atoms with E-state index in [4.69, 9.17) is 11.6 Å². The van der Waals surface area contributed by atoms with Crippen LogP contribution in [0.1, 0.15) is 64.8 Å². The lowest BCUT2D eigenvalue weighted by atomic mass is 9.88. The number of amides is 1. The largest absolute Gasteiger partial charge is 0.345 e. The summed E-state index contributed by atoms with van der Waals surface area (Å²) in [5, 5.41) is 3.27. The zero-order valence-electron chi connectivity index (χ0n) is 19.4. The summed E-state index contributed by atoms with van der Waals surface area (Å²) in [6.07, 6.45) is 5.38. The lowest BCUT2D eigenvalue weighted by molar-refractivity contribution is 0.0935. The van der Waals surface area contributed by atoms with Gasteiger partial charge in [-0.1, -0.05) is 54.4 Å². The van der Waals surface area contributed by atoms with Crippen LogP contribution in [-0.2, 0) is 22.9 Å². The number of fused-ring (bicyclic) bond motifs is 1. The molecule has 0 heterocycles. The van der Waals surface area contributed by atoms with Gasteiger partial charge in [-0.05, 0) is 86.1 Å². The molecule has 1 aliphatic carbocycles. The molecule has 1 aliphatic rings. The van der Waals surface area contributed by atoms with Crippen molar-refractivity contribution in [2.45, 2.75) is 56.9 Å². The number of sulfonamides is 1. The Morgan fingerprint density at radius 3 is 2.35 bits per heavy atom. The molecule has 3 aromatic rings. The maximum atomic E-state index is 13.0. The minimum atomic E-state index is -3.76. The van der Waals surface area contributed by atoms with Gasteiger partial charge < -0.3 is 5.32 Å². The molecule has 1 atom stereocenters. The monoisotopic (exact) mass is 496 g/mol. The molecule has 1 amide bonds. The summed E-state index contributed by atoms with van der Waals surface area (Å²) >= 11 is 6.39. The number of nitrogens with one attached hydrogen (secondary N) is 2. The SMILES string of the molecule is CC[C@H](NC(=O)c1ccc(NS(=O)(=O)c2ccc(C)cc2)cc1Cl)c1ccc2c(c1)CCCC2. The van der Waals surface area contributed by atoms with E-state index in [1.54, 1.807) is 36.4 Å². The van der Waals surface area contributed by atoms with Crippen LogP contribution in [0.5, 0.6) is 0 Å². The molecule has 3 aromatic carbocycles. The normalized spacial score (nSPS) is 14.2. The van der Waals surface area contributed by atoms with Gasteiger partial charge in [0.15, 0.2) is 0 Å². The third-order valence-electron chi connectivity index (χ3n) is 6.29. The highest BCUT2D eigenvalue weighted by Gasteiger charge is 2.20. The molecule has 0 aliphatic heterocycles. The number of anilines is 1. The van der Waals surface area contributed by atoms with Crippen LogP contribution in [0.3, 0.4) is 0 Å². The second-order valence-corrected chi connectivity index (χ2v) is 10.9. The third kappa shape index (κ3) is 5.45. The van der Waals surface area contributed by atoms with Gasteiger partial charge in [0, 0.05) is 0 Å². The Bertz CT molecular complexity index is 1300. The van der Waals surface area contributed by atoms with Crippen LogP contribution in [-0.4, -0.2) is 14.3 Å². The average molecular weight is 497 g/mol. The summed E-state index contributed by atoms with van der Waals surface area (Å²) in [7, 11) is -3.76. The first-order valence-electron chi connectivity index (χ1n) is 11.6. The van der Waals surface area contributed by atoms with Gasteiger partial charge in [0.25, 0.3) is 15.9 Å². The fourth-order valence-corrected chi connectivity index (χ4v) is 5.64. The number of carbonyl (C=O) groups excluding carboxylic acids is 1. The summed E-state index contributed by atoms with van der Waals surface area (Å²) in [6.45, 7) is 3.93. The van der Waals surface area contributed by atoms with Crippen LogP contribution < -0.4 is 10.0 Å². The van der Waals surface area contributed by atoms with Gasteiger partial charge in [-0.2, -0.15) is 0 Å². The van der Waals surface area contributed by atoms with E-state index in [1.807, 2.05) is 13.8 Å². The van der Waals surface area contributed by atoms with E-state index < -0.39 is 10.0 Å². The number of rotatable bonds is 7. The fourth-order valence-electron chi connectivity index (χ4n) is 4.32. The molecule has 0 radical (unpaired) electrons. The smallest absolute Gasteiger partial charge is 0.261 e. The summed E-state index contributed by atoms with van der Waals surface area (Å²) in [5.74, 6) is -0.289. The molecule has 178 valence electrons. The van der Waals surface area contributed by atoms with Crippen LogP contribution in [0.15, 0.2) is 65.6 Å². The van der Waals surface area contributed by atoms with Crippen molar-refractivity contribution in [2.24, 2.45) is 0 Å². The standard InChI is InChI=1S/C27H29ClN2O3S/c1-3-26(21-11-10-19-6-4-5-7-20(19)16-21)29-27(31)24-15-12-22(17-25(24)28)30-34(32,33)23-13-8-18(2)9-14-23/h8-17,26,30H,3-7H2,1-2H3,(H,29,31)/t26-/m0/s1. The van der Waals surface area contributed by atoms with Gasteiger partial charge in [-0.25, -0.2) is 8.42 Å². The van der Waals surface area contributed by atoms with E-state index in [1.165, 1.54) is 30.0 Å². The Kier molecular flexibility index (Phi) is 7.29. The van der Waals surface area contributed by atoms with Crippen LogP contribution in [0.2, 0.25) is 5.02 Å². The minimum Gasteiger partial charge on any atom is -0.345 e. The molecule has 34 heavy (non-hydrogen) atoms. The van der Waals surface area contributed by atoms with Crippen LogP contribution in [0, 0.1) is 6.92 Å². The lowest BCUT2D eigenvalue weighted by Crippen LogP contribution is -2.28. The van der Waals surface area contributed by atoms with Crippen LogP contribution in [0.25, 0.3) is 0 Å². The number of hydrogen-bond donors (Lipinski definition) is 2. The molecule has 0 bridgehead atoms. The van der Waals surface area contributed by atoms with E-state index in [0.29, 0.717) is 11.3 Å². The summed E-state index contributed by atoms with van der Waals surface area (Å²) in [5.41, 5.74) is 5.44. The molecule has 4 rings (SSSR count). The van der Waals surface area contributed by atoms with E-state index in [0.717, 1.165) is 30.4 Å². The molecule has 5 nitrogen and oxygen atoms in total. The molecule has 2 N–H and O–H groups in total. The molecule has 0 spiro atoms. The highest BCUT2D eigenvalue weighted by Crippen LogP contribution is 2.28. The maximum Gasteiger partial charge on any atom is 0.261 e. The second-order valence-electron chi connectivity index (χ2n) is 8.78. The zero-order valence-corrected chi connectivity index (χ0v) is 21.0. The van der Waals surface area contributed by atoms with Crippen LogP contribution >= 0.6 is 11.6 Å². The van der Waals surface area contributed by atoms with Crippen molar-refractivity contribution in [1.29, 1.82) is 0 Å². The first-order chi connectivity index (χ1) is 16.3. The minimum absolute atomic E-state index is 0.129. The fraction of sp³-hybridized carbons (Fsp3) is 0.296. The number of hydrogen-bond acceptors (Lipinski definition) is 3. The van der Waals surface area contributed by atoms with Gasteiger partial charge in [0.1, 0.15) is 0 Å². The van der Waals surface area contributed by atoms with Crippen molar-refractivity contribution in [1.82, 2.24) is 5.32 Å². The van der Waals surface area contributed by atoms with Crippen molar-refractivity contribution >= 4 is 33.2 Å². The van der Waals surface area contributed by atoms with E-state index in [-0.39, 0.29) is 21.9 Å². The molecule has 0 saturated heterocycles. The summed E-state index contributed by atoms with van der Waals surface area (Å²) in [6, 6.07) is 17.5. The molecule has 0 saturated carbocycles. The molecule has 0 aromatic heterocycles. The number of aryl methyl sites for hydroxylation is 3. The number of halogens is 1. The quantitative estimate of drug-likeness (QED) is 0.408. The van der Waals surface area contributed by atoms with Crippen molar-refractivity contribution < 1.29 is 13.2 Å². The van der Waals surface area contributed by atoms with E-state index in [2.05, 4.69) is 28.2 Å². The number of carbonyl (C=O) groups is 1. The molecule has 0 fully saturated rings. The Morgan fingerprint density at radius 2 is 1.68 bits per heavy atom. The molecular formula is C27H29ClN2O3S. The number of benzene rings is 3. The zero-order chi connectivity index (χ0) is 24.3. The second kappa shape index (κ2) is 10.2. The first-order valence-corrected chi connectivity index (χ1v) is 13.4. The molecule has 7 heteroatoms. The van der Waals surface area contributed by atoms with Crippen LogP contribution in [0.4, 0.5) is 5.69 Å². The van der Waals surface area contributed by atoms with Crippen molar-refractivity contribution in [3.8, 4) is 0 Å². The lowest BCUT2D eigenvalue weighted by Gasteiger charge is -2.22. The highest BCUT2D eigenvalue weighted by molar-refractivity contribution is 7.92. The average Bonchev–Trinajstić information content (AvgIpc) is 2.82. The van der Waals surface area contributed by atoms with Crippen molar-refractivity contribution in [3.63, 3.8) is 0 Å². The Morgan fingerprint density at radius 1 is 0.971 bits per heavy atom. The van der Waals surface area contributed by atoms with Gasteiger partial charge in [0.05, 0.1) is 27.2 Å². The maximum absolute atomic E-state index is 13.0. The third-order valence-corrected chi connectivity index (χ3v) is 8.00. The summed E-state index contributed by atoms with van der Waals surface area (Å²) < 4.78 is 27.8. The van der Waals surface area contributed by atoms with Gasteiger partial charge in [-0.3, -0.25) is 9.52 Å². The first kappa shape index (κ1) is 24.3. The van der Waals surface area contributed by atoms with Crippen molar-refractivity contribution in [3.05, 3.63) is 93.5 Å². The van der Waals surface area contributed by atoms with Gasteiger partial charge in [0.2, 0.25) is 0 Å². The topological polar surface area (TPSA) is 75.3 Å². The highest BCUT2D eigenvalue weighted by atomic mass is 35.5. The Labute approximate surface area is 206 Å². The Hall–Kier alpha value is -2.83. The molecular weight excluding hydrogens is 468 g/mol. The van der Waals surface area contributed by atoms with Gasteiger partial charge >= 0.3 is 0 Å². The molecule has 0 unspecified atom stereocenters. The van der Waals surface area contributed by atoms with E-state index >= 15 is 0 Å². The predicted molar refractivity (Wildman–Crippen MR) is 137 cm³/mol. The van der Waals surface area contributed by atoms with Crippen molar-refractivity contribution in [2.75, 3.05) is 4.72 Å². The van der Waals surface area contributed by atoms with Gasteiger partial charge in [-0.15, -0.1) is 0 Å².